The maximum absolute atomic E-state index is 13.0. The first-order chi connectivity index (χ1) is 8.04. The summed E-state index contributed by atoms with van der Waals surface area (Å²) >= 11 is 0. The van der Waals surface area contributed by atoms with Gasteiger partial charge in [-0.25, -0.2) is 4.39 Å². The molecule has 100 valence electrons. The van der Waals surface area contributed by atoms with E-state index in [0.29, 0.717) is 11.1 Å². The second-order valence-corrected chi connectivity index (χ2v) is 5.60. The van der Waals surface area contributed by atoms with Gasteiger partial charge in [0.05, 0.1) is 11.1 Å². The second-order valence-electron chi connectivity index (χ2n) is 5.60. The molecule has 0 aromatic heterocycles. The zero-order valence-corrected chi connectivity index (χ0v) is 11.5. The normalized spacial score (nSPS) is 12.4. The van der Waals surface area contributed by atoms with E-state index in [4.69, 9.17) is 0 Å². The molecular weight excluding hydrogens is 233 g/mol. The first-order valence-corrected chi connectivity index (χ1v) is 5.85. The third-order valence-electron chi connectivity index (χ3n) is 3.39. The number of hydrogen-bond donors (Lipinski definition) is 2. The van der Waals surface area contributed by atoms with Crippen LogP contribution in [0.3, 0.4) is 0 Å². The minimum absolute atomic E-state index is 0.320. The highest BCUT2D eigenvalue weighted by atomic mass is 19.1. The molecule has 1 rings (SSSR count). The van der Waals surface area contributed by atoms with Crippen molar-refractivity contribution in [2.45, 2.75) is 45.8 Å². The Labute approximate surface area is 107 Å². The Morgan fingerprint density at radius 1 is 1.28 bits per heavy atom. The second kappa shape index (κ2) is 4.69. The van der Waals surface area contributed by atoms with Crippen molar-refractivity contribution in [2.75, 3.05) is 0 Å². The third kappa shape index (κ3) is 3.07. The molecule has 0 heterocycles. The molecule has 0 spiro atoms. The Morgan fingerprint density at radius 3 is 2.28 bits per heavy atom. The highest BCUT2D eigenvalue weighted by Gasteiger charge is 2.36. The quantitative estimate of drug-likeness (QED) is 0.869. The van der Waals surface area contributed by atoms with Crippen molar-refractivity contribution in [3.8, 4) is 0 Å². The van der Waals surface area contributed by atoms with Crippen molar-refractivity contribution in [3.05, 3.63) is 35.1 Å². The van der Waals surface area contributed by atoms with Crippen LogP contribution in [0.5, 0.6) is 0 Å². The van der Waals surface area contributed by atoms with Crippen LogP contribution in [0.1, 0.15) is 43.6 Å². The van der Waals surface area contributed by atoms with Crippen LogP contribution in [0.4, 0.5) is 4.39 Å². The van der Waals surface area contributed by atoms with Crippen LogP contribution in [0.2, 0.25) is 0 Å². The van der Waals surface area contributed by atoms with Gasteiger partial charge in [-0.3, -0.25) is 4.79 Å². The SMILES string of the molecule is Cc1cc(F)ccc1C(=O)NC(C)(C)C(C)(C)O. The molecule has 0 radical (unpaired) electrons. The molecule has 1 amide bonds. The molecular formula is C14H20FNO2. The van der Waals surface area contributed by atoms with Gasteiger partial charge in [0.15, 0.2) is 0 Å². The Morgan fingerprint density at radius 2 is 1.83 bits per heavy atom. The van der Waals surface area contributed by atoms with E-state index >= 15 is 0 Å². The number of halogens is 1. The van der Waals surface area contributed by atoms with Gasteiger partial charge in [0.2, 0.25) is 0 Å². The molecule has 2 N–H and O–H groups in total. The molecule has 1 aromatic rings. The lowest BCUT2D eigenvalue weighted by atomic mass is 9.85. The maximum Gasteiger partial charge on any atom is 0.252 e. The van der Waals surface area contributed by atoms with Crippen molar-refractivity contribution < 1.29 is 14.3 Å². The van der Waals surface area contributed by atoms with Gasteiger partial charge in [0.1, 0.15) is 5.82 Å². The number of aliphatic hydroxyl groups is 1. The molecule has 3 nitrogen and oxygen atoms in total. The molecule has 0 unspecified atom stereocenters. The number of carbonyl (C=O) groups is 1. The molecule has 0 saturated heterocycles. The number of nitrogens with one attached hydrogen (secondary N) is 1. The molecule has 0 aliphatic rings. The fourth-order valence-electron chi connectivity index (χ4n) is 1.39. The standard InChI is InChI=1S/C14H20FNO2/c1-9-8-10(15)6-7-11(9)12(17)16-13(2,3)14(4,5)18/h6-8,18H,1-5H3,(H,16,17). The van der Waals surface area contributed by atoms with E-state index < -0.39 is 11.1 Å². The van der Waals surface area contributed by atoms with Gasteiger partial charge in [-0.05, 0) is 58.4 Å². The molecule has 0 saturated carbocycles. The van der Waals surface area contributed by atoms with E-state index in [1.165, 1.54) is 18.2 Å². The zero-order chi connectivity index (χ0) is 14.1. The van der Waals surface area contributed by atoms with Crippen molar-refractivity contribution in [1.82, 2.24) is 5.32 Å². The summed E-state index contributed by atoms with van der Waals surface area (Å²) in [5.41, 5.74) is -0.866. The van der Waals surface area contributed by atoms with Gasteiger partial charge in [0, 0.05) is 5.56 Å². The number of rotatable bonds is 3. The minimum atomic E-state index is -1.06. The molecule has 4 heteroatoms. The summed E-state index contributed by atoms with van der Waals surface area (Å²) in [6.07, 6.45) is 0. The first-order valence-electron chi connectivity index (χ1n) is 5.85. The Hall–Kier alpha value is -1.42. The van der Waals surface area contributed by atoms with Gasteiger partial charge in [-0.1, -0.05) is 0 Å². The average Bonchev–Trinajstić information content (AvgIpc) is 2.14. The van der Waals surface area contributed by atoms with Crippen LogP contribution in [0.15, 0.2) is 18.2 Å². The largest absolute Gasteiger partial charge is 0.388 e. The van der Waals surface area contributed by atoms with Crippen LogP contribution >= 0.6 is 0 Å². The van der Waals surface area contributed by atoms with Crippen LogP contribution < -0.4 is 5.32 Å². The molecule has 0 atom stereocenters. The van der Waals surface area contributed by atoms with E-state index in [-0.39, 0.29) is 11.7 Å². The minimum Gasteiger partial charge on any atom is -0.388 e. The average molecular weight is 253 g/mol. The number of benzene rings is 1. The number of carbonyl (C=O) groups excluding carboxylic acids is 1. The van der Waals surface area contributed by atoms with Crippen molar-refractivity contribution in [3.63, 3.8) is 0 Å². The highest BCUT2D eigenvalue weighted by Crippen LogP contribution is 2.21. The summed E-state index contributed by atoms with van der Waals surface area (Å²) in [7, 11) is 0. The van der Waals surface area contributed by atoms with Gasteiger partial charge < -0.3 is 10.4 Å². The lowest BCUT2D eigenvalue weighted by molar-refractivity contribution is -0.00294. The summed E-state index contributed by atoms with van der Waals surface area (Å²) in [5.74, 6) is -0.689. The van der Waals surface area contributed by atoms with E-state index in [0.717, 1.165) is 0 Å². The zero-order valence-electron chi connectivity index (χ0n) is 11.5. The van der Waals surface area contributed by atoms with Crippen LogP contribution in [-0.4, -0.2) is 22.2 Å². The molecule has 0 bridgehead atoms. The molecule has 1 aromatic carbocycles. The summed E-state index contributed by atoms with van der Waals surface area (Å²) in [6, 6.07) is 4.01. The monoisotopic (exact) mass is 253 g/mol. The first kappa shape index (κ1) is 14.6. The molecule has 0 aliphatic carbocycles. The summed E-state index contributed by atoms with van der Waals surface area (Å²) in [5, 5.41) is 12.7. The van der Waals surface area contributed by atoms with Crippen LogP contribution in [0.25, 0.3) is 0 Å². The van der Waals surface area contributed by atoms with Crippen molar-refractivity contribution >= 4 is 5.91 Å². The topological polar surface area (TPSA) is 49.3 Å². The smallest absolute Gasteiger partial charge is 0.252 e. The number of amides is 1. The van der Waals surface area contributed by atoms with E-state index in [1.807, 2.05) is 0 Å². The van der Waals surface area contributed by atoms with E-state index in [1.54, 1.807) is 34.6 Å². The van der Waals surface area contributed by atoms with E-state index in [2.05, 4.69) is 5.32 Å². The van der Waals surface area contributed by atoms with Gasteiger partial charge in [-0.2, -0.15) is 0 Å². The number of aryl methyl sites for hydroxylation is 1. The number of hydrogen-bond acceptors (Lipinski definition) is 2. The summed E-state index contributed by atoms with van der Waals surface area (Å²) in [4.78, 5) is 12.1. The highest BCUT2D eigenvalue weighted by molar-refractivity contribution is 5.96. The lowest BCUT2D eigenvalue weighted by Crippen LogP contribution is -2.57. The summed E-state index contributed by atoms with van der Waals surface area (Å²) in [6.45, 7) is 8.41. The fourth-order valence-corrected chi connectivity index (χ4v) is 1.39. The van der Waals surface area contributed by atoms with Gasteiger partial charge in [0.25, 0.3) is 5.91 Å². The molecule has 0 aliphatic heterocycles. The van der Waals surface area contributed by atoms with Crippen LogP contribution in [0, 0.1) is 12.7 Å². The van der Waals surface area contributed by atoms with Gasteiger partial charge >= 0.3 is 0 Å². The predicted octanol–water partition coefficient (Wildman–Crippen LogP) is 2.41. The van der Waals surface area contributed by atoms with Crippen molar-refractivity contribution in [2.24, 2.45) is 0 Å². The molecule has 0 fully saturated rings. The Kier molecular flexibility index (Phi) is 3.81. The van der Waals surface area contributed by atoms with Gasteiger partial charge in [-0.15, -0.1) is 0 Å². The predicted molar refractivity (Wildman–Crippen MR) is 69.0 cm³/mol. The third-order valence-corrected chi connectivity index (χ3v) is 3.39. The lowest BCUT2D eigenvalue weighted by Gasteiger charge is -2.38. The Bertz CT molecular complexity index is 461. The summed E-state index contributed by atoms with van der Waals surface area (Å²) < 4.78 is 13.0. The maximum atomic E-state index is 13.0. The Balaban J connectivity index is 2.96. The van der Waals surface area contributed by atoms with Crippen molar-refractivity contribution in [1.29, 1.82) is 0 Å². The fraction of sp³-hybridized carbons (Fsp3) is 0.500. The van der Waals surface area contributed by atoms with Crippen LogP contribution in [-0.2, 0) is 0 Å². The molecule has 18 heavy (non-hydrogen) atoms. The van der Waals surface area contributed by atoms with E-state index in [9.17, 15) is 14.3 Å².